The predicted molar refractivity (Wildman–Crippen MR) is 85.4 cm³/mol. The Bertz CT molecular complexity index is 680. The van der Waals surface area contributed by atoms with E-state index in [1.165, 1.54) is 0 Å². The molecule has 6 heteroatoms. The maximum atomic E-state index is 9.79. The van der Waals surface area contributed by atoms with Crippen molar-refractivity contribution in [1.29, 1.82) is 0 Å². The van der Waals surface area contributed by atoms with Crippen LogP contribution in [0.4, 0.5) is 5.82 Å². The molecule has 1 saturated heterocycles. The number of furan rings is 1. The van der Waals surface area contributed by atoms with Gasteiger partial charge in [-0.2, -0.15) is 4.98 Å². The van der Waals surface area contributed by atoms with Crippen molar-refractivity contribution in [2.24, 2.45) is 5.92 Å². The van der Waals surface area contributed by atoms with E-state index in [0.29, 0.717) is 29.8 Å². The topological polar surface area (TPSA) is 88.4 Å². The summed E-state index contributed by atoms with van der Waals surface area (Å²) >= 11 is 0. The van der Waals surface area contributed by atoms with Gasteiger partial charge in [0, 0.05) is 12.1 Å². The van der Waals surface area contributed by atoms with Crippen molar-refractivity contribution in [1.82, 2.24) is 14.9 Å². The number of nitrogens with two attached hydrogens (primary N) is 1. The first kappa shape index (κ1) is 15.2. The van der Waals surface area contributed by atoms with Gasteiger partial charge < -0.3 is 15.3 Å². The Balaban J connectivity index is 1.82. The van der Waals surface area contributed by atoms with Gasteiger partial charge in [0.15, 0.2) is 0 Å². The number of nitrogens with zero attached hydrogens (tertiary/aromatic N) is 3. The number of piperidine rings is 1. The third kappa shape index (κ3) is 2.80. The van der Waals surface area contributed by atoms with E-state index >= 15 is 0 Å². The van der Waals surface area contributed by atoms with Crippen LogP contribution in [-0.4, -0.2) is 39.2 Å². The summed E-state index contributed by atoms with van der Waals surface area (Å²) in [7, 11) is 0. The van der Waals surface area contributed by atoms with E-state index in [1.54, 1.807) is 0 Å². The van der Waals surface area contributed by atoms with Gasteiger partial charge in [-0.3, -0.25) is 4.90 Å². The summed E-state index contributed by atoms with van der Waals surface area (Å²) in [5.41, 5.74) is 7.66. The standard InChI is InChI=1S/C16H24N4O2/c1-9-11(3)22-16-14(9)15(17)18-13(19-16)8-20-6-4-5-12(7-20)10(2)21/h10,12,21H,4-8H2,1-3H3,(H2,17,18,19). The van der Waals surface area contributed by atoms with Gasteiger partial charge in [-0.05, 0) is 46.1 Å². The summed E-state index contributed by atoms with van der Waals surface area (Å²) in [6, 6.07) is 0. The number of hydrogen-bond acceptors (Lipinski definition) is 6. The van der Waals surface area contributed by atoms with Crippen molar-refractivity contribution in [3.63, 3.8) is 0 Å². The van der Waals surface area contributed by atoms with E-state index in [-0.39, 0.29) is 6.10 Å². The number of aliphatic hydroxyl groups is 1. The van der Waals surface area contributed by atoms with E-state index in [9.17, 15) is 5.11 Å². The highest BCUT2D eigenvalue weighted by atomic mass is 16.3. The molecule has 1 fully saturated rings. The molecule has 22 heavy (non-hydrogen) atoms. The molecule has 3 heterocycles. The van der Waals surface area contributed by atoms with Gasteiger partial charge in [0.05, 0.1) is 18.0 Å². The van der Waals surface area contributed by atoms with Gasteiger partial charge in [0.2, 0.25) is 5.71 Å². The first-order chi connectivity index (χ1) is 10.5. The smallest absolute Gasteiger partial charge is 0.231 e. The number of fused-ring (bicyclic) bond motifs is 1. The number of aliphatic hydroxyl groups excluding tert-OH is 1. The molecular weight excluding hydrogens is 280 g/mol. The minimum Gasteiger partial charge on any atom is -0.443 e. The van der Waals surface area contributed by atoms with Crippen molar-refractivity contribution in [2.75, 3.05) is 18.8 Å². The second-order valence-electron chi connectivity index (χ2n) is 6.37. The molecule has 3 N–H and O–H groups in total. The fraction of sp³-hybridized carbons (Fsp3) is 0.625. The van der Waals surface area contributed by atoms with Crippen molar-refractivity contribution in [2.45, 2.75) is 46.3 Å². The number of hydrogen-bond donors (Lipinski definition) is 2. The predicted octanol–water partition coefficient (Wildman–Crippen LogP) is 2.01. The fourth-order valence-corrected chi connectivity index (χ4v) is 3.23. The summed E-state index contributed by atoms with van der Waals surface area (Å²) in [4.78, 5) is 11.2. The number of anilines is 1. The van der Waals surface area contributed by atoms with Crippen LogP contribution < -0.4 is 5.73 Å². The van der Waals surface area contributed by atoms with Gasteiger partial charge in [0.1, 0.15) is 17.4 Å². The fourth-order valence-electron chi connectivity index (χ4n) is 3.23. The Morgan fingerprint density at radius 1 is 1.41 bits per heavy atom. The molecule has 0 amide bonds. The van der Waals surface area contributed by atoms with E-state index in [0.717, 1.165) is 42.6 Å². The lowest BCUT2D eigenvalue weighted by atomic mass is 9.93. The van der Waals surface area contributed by atoms with E-state index in [4.69, 9.17) is 10.2 Å². The highest BCUT2D eigenvalue weighted by Gasteiger charge is 2.24. The van der Waals surface area contributed by atoms with Crippen LogP contribution in [0, 0.1) is 19.8 Å². The second kappa shape index (κ2) is 5.85. The van der Waals surface area contributed by atoms with Gasteiger partial charge >= 0.3 is 0 Å². The highest BCUT2D eigenvalue weighted by molar-refractivity contribution is 5.88. The SMILES string of the molecule is Cc1oc2nc(CN3CCCC(C(C)O)C3)nc(N)c2c1C. The molecule has 1 aliphatic heterocycles. The Labute approximate surface area is 130 Å². The largest absolute Gasteiger partial charge is 0.443 e. The first-order valence-corrected chi connectivity index (χ1v) is 7.88. The highest BCUT2D eigenvalue weighted by Crippen LogP contribution is 2.28. The lowest BCUT2D eigenvalue weighted by Crippen LogP contribution is -2.39. The molecule has 6 nitrogen and oxygen atoms in total. The molecule has 0 saturated carbocycles. The molecule has 0 bridgehead atoms. The monoisotopic (exact) mass is 304 g/mol. The van der Waals surface area contributed by atoms with Crippen LogP contribution in [0.2, 0.25) is 0 Å². The molecular formula is C16H24N4O2. The lowest BCUT2D eigenvalue weighted by molar-refractivity contribution is 0.0589. The lowest BCUT2D eigenvalue weighted by Gasteiger charge is -2.33. The van der Waals surface area contributed by atoms with Crippen LogP contribution in [-0.2, 0) is 6.54 Å². The number of rotatable bonds is 3. The summed E-state index contributed by atoms with van der Waals surface area (Å²) in [6.07, 6.45) is 1.89. The molecule has 2 aromatic heterocycles. The minimum atomic E-state index is -0.272. The average molecular weight is 304 g/mol. The average Bonchev–Trinajstić information content (AvgIpc) is 2.74. The molecule has 0 spiro atoms. The van der Waals surface area contributed by atoms with Gasteiger partial charge in [-0.15, -0.1) is 0 Å². The Morgan fingerprint density at radius 3 is 2.91 bits per heavy atom. The molecule has 2 aromatic rings. The quantitative estimate of drug-likeness (QED) is 0.902. The number of aromatic nitrogens is 2. The Morgan fingerprint density at radius 2 is 2.18 bits per heavy atom. The zero-order valence-corrected chi connectivity index (χ0v) is 13.5. The van der Waals surface area contributed by atoms with Gasteiger partial charge in [-0.25, -0.2) is 4.98 Å². The molecule has 3 rings (SSSR count). The van der Waals surface area contributed by atoms with Crippen LogP contribution in [0.1, 0.15) is 36.9 Å². The van der Waals surface area contributed by atoms with E-state index in [2.05, 4.69) is 14.9 Å². The van der Waals surface area contributed by atoms with Crippen LogP contribution in [0.3, 0.4) is 0 Å². The third-order valence-corrected chi connectivity index (χ3v) is 4.69. The van der Waals surface area contributed by atoms with Crippen LogP contribution in [0.25, 0.3) is 11.1 Å². The zero-order valence-electron chi connectivity index (χ0n) is 13.5. The molecule has 0 aromatic carbocycles. The zero-order chi connectivity index (χ0) is 15.9. The summed E-state index contributed by atoms with van der Waals surface area (Å²) in [5, 5.41) is 10.6. The summed E-state index contributed by atoms with van der Waals surface area (Å²) in [5.74, 6) is 2.33. The number of aryl methyl sites for hydroxylation is 2. The minimum absolute atomic E-state index is 0.272. The maximum Gasteiger partial charge on any atom is 0.231 e. The normalized spacial score (nSPS) is 21.4. The number of likely N-dealkylation sites (tertiary alicyclic amines) is 1. The molecule has 2 atom stereocenters. The third-order valence-electron chi connectivity index (χ3n) is 4.69. The Kier molecular flexibility index (Phi) is 4.06. The van der Waals surface area contributed by atoms with Crippen LogP contribution in [0.15, 0.2) is 4.42 Å². The van der Waals surface area contributed by atoms with Crippen molar-refractivity contribution >= 4 is 16.9 Å². The molecule has 1 aliphatic rings. The van der Waals surface area contributed by atoms with Crippen molar-refractivity contribution < 1.29 is 9.52 Å². The van der Waals surface area contributed by atoms with E-state index < -0.39 is 0 Å². The summed E-state index contributed by atoms with van der Waals surface area (Å²) in [6.45, 7) is 8.26. The van der Waals surface area contributed by atoms with Gasteiger partial charge in [0.25, 0.3) is 0 Å². The summed E-state index contributed by atoms with van der Waals surface area (Å²) < 4.78 is 5.68. The molecule has 2 unspecified atom stereocenters. The van der Waals surface area contributed by atoms with Crippen molar-refractivity contribution in [3.05, 3.63) is 17.1 Å². The molecule has 0 aliphatic carbocycles. The second-order valence-corrected chi connectivity index (χ2v) is 6.37. The maximum absolute atomic E-state index is 9.79. The van der Waals surface area contributed by atoms with Crippen LogP contribution in [0.5, 0.6) is 0 Å². The number of nitrogen functional groups attached to an aromatic ring is 1. The van der Waals surface area contributed by atoms with Crippen LogP contribution >= 0.6 is 0 Å². The first-order valence-electron chi connectivity index (χ1n) is 7.88. The van der Waals surface area contributed by atoms with Crippen molar-refractivity contribution in [3.8, 4) is 0 Å². The molecule has 120 valence electrons. The van der Waals surface area contributed by atoms with Gasteiger partial charge in [-0.1, -0.05) is 0 Å². The molecule has 0 radical (unpaired) electrons. The van der Waals surface area contributed by atoms with E-state index in [1.807, 2.05) is 20.8 Å². The Hall–Kier alpha value is -1.66.